The summed E-state index contributed by atoms with van der Waals surface area (Å²) in [5.41, 5.74) is 1.20. The Bertz CT molecular complexity index is 602. The second-order valence-corrected chi connectivity index (χ2v) is 6.22. The maximum absolute atomic E-state index is 11.7. The third-order valence-electron chi connectivity index (χ3n) is 2.83. The first-order chi connectivity index (χ1) is 10.1. The highest BCUT2D eigenvalue weighted by atomic mass is 79.9. The lowest BCUT2D eigenvalue weighted by atomic mass is 10.1. The molecule has 2 aromatic carbocycles. The molecule has 2 aromatic rings. The van der Waals surface area contributed by atoms with Gasteiger partial charge in [-0.2, -0.15) is 0 Å². The minimum atomic E-state index is -0.124. The normalized spacial score (nSPS) is 10.2. The molecular formula is C16H15Br2NO2. The van der Waals surface area contributed by atoms with Crippen molar-refractivity contribution in [2.75, 3.05) is 13.2 Å². The molecule has 0 heterocycles. The van der Waals surface area contributed by atoms with Crippen LogP contribution in [0.3, 0.4) is 0 Å². The molecule has 0 saturated heterocycles. The Labute approximate surface area is 141 Å². The predicted octanol–water partition coefficient (Wildman–Crippen LogP) is 3.95. The number of ether oxygens (including phenoxy) is 1. The number of hydrogen-bond donors (Lipinski definition) is 1. The maximum atomic E-state index is 11.7. The van der Waals surface area contributed by atoms with E-state index in [9.17, 15) is 4.79 Å². The molecule has 0 aromatic heterocycles. The molecule has 1 N–H and O–H groups in total. The minimum absolute atomic E-state index is 0.00895. The van der Waals surface area contributed by atoms with Crippen molar-refractivity contribution in [3.05, 3.63) is 63.0 Å². The second kappa shape index (κ2) is 8.20. The molecular weight excluding hydrogens is 398 g/mol. The molecule has 0 saturated carbocycles. The van der Waals surface area contributed by atoms with Crippen LogP contribution in [-0.2, 0) is 11.2 Å². The van der Waals surface area contributed by atoms with E-state index in [1.54, 1.807) is 0 Å². The van der Waals surface area contributed by atoms with Crippen molar-refractivity contribution in [3.63, 3.8) is 0 Å². The molecule has 0 aliphatic rings. The average molecular weight is 413 g/mol. The lowest BCUT2D eigenvalue weighted by Gasteiger charge is -2.09. The van der Waals surface area contributed by atoms with Crippen molar-refractivity contribution in [2.45, 2.75) is 6.42 Å². The number of amides is 1. The van der Waals surface area contributed by atoms with Gasteiger partial charge in [0.2, 0.25) is 0 Å². The first-order valence-corrected chi connectivity index (χ1v) is 8.12. The van der Waals surface area contributed by atoms with Gasteiger partial charge in [0.25, 0.3) is 5.91 Å². The lowest BCUT2D eigenvalue weighted by Crippen LogP contribution is -2.30. The number of rotatable bonds is 6. The summed E-state index contributed by atoms with van der Waals surface area (Å²) in [5, 5.41) is 2.84. The van der Waals surface area contributed by atoms with Crippen LogP contribution in [0.25, 0.3) is 0 Å². The molecule has 0 radical (unpaired) electrons. The van der Waals surface area contributed by atoms with Gasteiger partial charge in [-0.1, -0.05) is 46.3 Å². The Kier molecular flexibility index (Phi) is 6.26. The Morgan fingerprint density at radius 1 is 1.10 bits per heavy atom. The summed E-state index contributed by atoms with van der Waals surface area (Å²) in [6.07, 6.45) is 0.814. The van der Waals surface area contributed by atoms with E-state index in [0.29, 0.717) is 12.3 Å². The molecule has 0 aliphatic carbocycles. The summed E-state index contributed by atoms with van der Waals surface area (Å²) in [6.45, 7) is 0.614. The van der Waals surface area contributed by atoms with Gasteiger partial charge < -0.3 is 10.1 Å². The van der Waals surface area contributed by atoms with Crippen LogP contribution in [-0.4, -0.2) is 19.1 Å². The molecule has 3 nitrogen and oxygen atoms in total. The van der Waals surface area contributed by atoms with Gasteiger partial charge in [0, 0.05) is 11.0 Å². The first-order valence-electron chi connectivity index (χ1n) is 6.53. The molecule has 0 spiro atoms. The van der Waals surface area contributed by atoms with E-state index in [0.717, 1.165) is 15.4 Å². The van der Waals surface area contributed by atoms with Crippen molar-refractivity contribution >= 4 is 37.8 Å². The molecule has 21 heavy (non-hydrogen) atoms. The van der Waals surface area contributed by atoms with Gasteiger partial charge in [-0.15, -0.1) is 0 Å². The van der Waals surface area contributed by atoms with Crippen molar-refractivity contribution in [2.24, 2.45) is 0 Å². The molecule has 0 unspecified atom stereocenters. The van der Waals surface area contributed by atoms with E-state index >= 15 is 0 Å². The second-order valence-electron chi connectivity index (χ2n) is 4.45. The number of benzene rings is 2. The SMILES string of the molecule is O=C(COc1ccc(Br)cc1Br)NCCc1ccccc1. The molecule has 0 aliphatic heterocycles. The molecule has 0 fully saturated rings. The average Bonchev–Trinajstić information content (AvgIpc) is 2.47. The minimum Gasteiger partial charge on any atom is -0.483 e. The molecule has 0 bridgehead atoms. The third kappa shape index (κ3) is 5.52. The Balaban J connectivity index is 1.72. The third-order valence-corrected chi connectivity index (χ3v) is 3.94. The number of carbonyl (C=O) groups is 1. The number of carbonyl (C=O) groups excluding carboxylic acids is 1. The number of halogens is 2. The van der Waals surface area contributed by atoms with Gasteiger partial charge in [-0.3, -0.25) is 4.79 Å². The first kappa shape index (κ1) is 16.0. The van der Waals surface area contributed by atoms with E-state index in [4.69, 9.17) is 4.74 Å². The van der Waals surface area contributed by atoms with Gasteiger partial charge in [-0.25, -0.2) is 0 Å². The van der Waals surface area contributed by atoms with Crippen LogP contribution in [0.15, 0.2) is 57.5 Å². The van der Waals surface area contributed by atoms with Crippen LogP contribution in [0.2, 0.25) is 0 Å². The van der Waals surface area contributed by atoms with Crippen LogP contribution in [0.4, 0.5) is 0 Å². The molecule has 0 atom stereocenters. The van der Waals surface area contributed by atoms with Crippen LogP contribution in [0.5, 0.6) is 5.75 Å². The summed E-state index contributed by atoms with van der Waals surface area (Å²) in [4.78, 5) is 11.7. The standard InChI is InChI=1S/C16H15Br2NO2/c17-13-6-7-15(14(18)10-13)21-11-16(20)19-9-8-12-4-2-1-3-5-12/h1-7,10H,8-9,11H2,(H,19,20). The fourth-order valence-electron chi connectivity index (χ4n) is 1.78. The fourth-order valence-corrected chi connectivity index (χ4v) is 2.94. The van der Waals surface area contributed by atoms with E-state index in [1.807, 2.05) is 48.5 Å². The highest BCUT2D eigenvalue weighted by Gasteiger charge is 2.05. The number of hydrogen-bond acceptors (Lipinski definition) is 2. The Hall–Kier alpha value is -1.33. The summed E-state index contributed by atoms with van der Waals surface area (Å²) in [6, 6.07) is 15.6. The lowest BCUT2D eigenvalue weighted by molar-refractivity contribution is -0.123. The maximum Gasteiger partial charge on any atom is 0.257 e. The smallest absolute Gasteiger partial charge is 0.257 e. The van der Waals surface area contributed by atoms with Gasteiger partial charge in [-0.05, 0) is 46.1 Å². The highest BCUT2D eigenvalue weighted by molar-refractivity contribution is 9.11. The Morgan fingerprint density at radius 3 is 2.57 bits per heavy atom. The number of nitrogens with one attached hydrogen (secondary N) is 1. The monoisotopic (exact) mass is 411 g/mol. The van der Waals surface area contributed by atoms with E-state index in [1.165, 1.54) is 5.56 Å². The topological polar surface area (TPSA) is 38.3 Å². The zero-order valence-electron chi connectivity index (χ0n) is 11.3. The summed E-state index contributed by atoms with van der Waals surface area (Å²) in [5.74, 6) is 0.525. The van der Waals surface area contributed by atoms with Crippen LogP contribution in [0, 0.1) is 0 Å². The summed E-state index contributed by atoms with van der Waals surface area (Å²) in [7, 11) is 0. The highest BCUT2D eigenvalue weighted by Crippen LogP contribution is 2.27. The van der Waals surface area contributed by atoms with Gasteiger partial charge in [0.05, 0.1) is 4.47 Å². The van der Waals surface area contributed by atoms with Crippen LogP contribution >= 0.6 is 31.9 Å². The van der Waals surface area contributed by atoms with Crippen LogP contribution < -0.4 is 10.1 Å². The van der Waals surface area contributed by atoms with Gasteiger partial charge in [0.15, 0.2) is 6.61 Å². The van der Waals surface area contributed by atoms with Gasteiger partial charge in [0.1, 0.15) is 5.75 Å². The van der Waals surface area contributed by atoms with Crippen LogP contribution in [0.1, 0.15) is 5.56 Å². The molecule has 2 rings (SSSR count). The summed E-state index contributed by atoms with van der Waals surface area (Å²) < 4.78 is 7.24. The zero-order chi connectivity index (χ0) is 15.1. The fraction of sp³-hybridized carbons (Fsp3) is 0.188. The Morgan fingerprint density at radius 2 is 1.86 bits per heavy atom. The zero-order valence-corrected chi connectivity index (χ0v) is 14.5. The summed E-state index contributed by atoms with van der Waals surface area (Å²) >= 11 is 6.76. The van der Waals surface area contributed by atoms with Crippen molar-refractivity contribution in [3.8, 4) is 5.75 Å². The van der Waals surface area contributed by atoms with Crippen molar-refractivity contribution in [1.82, 2.24) is 5.32 Å². The predicted molar refractivity (Wildman–Crippen MR) is 90.5 cm³/mol. The van der Waals surface area contributed by atoms with Crippen molar-refractivity contribution in [1.29, 1.82) is 0 Å². The molecule has 5 heteroatoms. The van der Waals surface area contributed by atoms with Crippen molar-refractivity contribution < 1.29 is 9.53 Å². The molecule has 110 valence electrons. The van der Waals surface area contributed by atoms with Gasteiger partial charge >= 0.3 is 0 Å². The molecule has 1 amide bonds. The van der Waals surface area contributed by atoms with E-state index in [-0.39, 0.29) is 12.5 Å². The largest absolute Gasteiger partial charge is 0.483 e. The van der Waals surface area contributed by atoms with E-state index < -0.39 is 0 Å². The quantitative estimate of drug-likeness (QED) is 0.779. The van der Waals surface area contributed by atoms with E-state index in [2.05, 4.69) is 37.2 Å².